The van der Waals surface area contributed by atoms with Gasteiger partial charge in [0.05, 0.1) is 23.6 Å². The van der Waals surface area contributed by atoms with Crippen molar-refractivity contribution in [2.24, 2.45) is 5.92 Å². The van der Waals surface area contributed by atoms with Gasteiger partial charge in [0.2, 0.25) is 0 Å². The zero-order valence-corrected chi connectivity index (χ0v) is 17.3. The van der Waals surface area contributed by atoms with Crippen molar-refractivity contribution in [1.29, 1.82) is 0 Å². The lowest BCUT2D eigenvalue weighted by Crippen LogP contribution is -2.11. The summed E-state index contributed by atoms with van der Waals surface area (Å²) in [5.74, 6) is 0.629. The molecule has 7 heteroatoms. The fraction of sp³-hybridized carbons (Fsp3) is 0.364. The number of para-hydroxylation sites is 1. The number of nitrogens with zero attached hydrogens (tertiary/aromatic N) is 5. The Bertz CT molecular complexity index is 1090. The van der Waals surface area contributed by atoms with E-state index in [4.69, 9.17) is 4.98 Å². The first kappa shape index (κ1) is 19.1. The number of hydrogen-bond acceptors (Lipinski definition) is 5. The summed E-state index contributed by atoms with van der Waals surface area (Å²) in [6, 6.07) is 6.50. The molecule has 4 aromatic rings. The minimum Gasteiger partial charge on any atom is -0.382 e. The molecule has 1 aromatic carbocycles. The van der Waals surface area contributed by atoms with Crippen LogP contribution in [0.4, 0.5) is 5.69 Å². The van der Waals surface area contributed by atoms with Crippen LogP contribution < -0.4 is 5.32 Å². The summed E-state index contributed by atoms with van der Waals surface area (Å²) in [7, 11) is 0. The Morgan fingerprint density at radius 1 is 1.10 bits per heavy atom. The van der Waals surface area contributed by atoms with Gasteiger partial charge in [-0.3, -0.25) is 14.8 Å². The van der Waals surface area contributed by atoms with Crippen molar-refractivity contribution in [3.8, 4) is 22.4 Å². The summed E-state index contributed by atoms with van der Waals surface area (Å²) in [6.07, 6.45) is 8.69. The molecule has 0 saturated carbocycles. The Hall–Kier alpha value is -3.22. The lowest BCUT2D eigenvalue weighted by atomic mass is 10.0. The lowest BCUT2D eigenvalue weighted by Gasteiger charge is -2.17. The molecule has 7 nitrogen and oxygen atoms in total. The van der Waals surface area contributed by atoms with Crippen molar-refractivity contribution in [1.82, 2.24) is 30.2 Å². The van der Waals surface area contributed by atoms with Crippen LogP contribution in [0, 0.1) is 5.92 Å². The molecule has 29 heavy (non-hydrogen) atoms. The minimum atomic E-state index is 0.271. The Balaban J connectivity index is 1.82. The molecule has 0 unspecified atom stereocenters. The molecule has 150 valence electrons. The molecule has 0 fully saturated rings. The standard InChI is InChI=1S/C22H27N7/c1-14(2)8-9-29-13-20(27-28-29)19-12-23-21-17(16-10-24-25-11-16)6-5-7-18(21)22(19)26-15(3)4/h5-7,10-15H,8-9H2,1-4H3,(H,23,26)(H,24,25). The summed E-state index contributed by atoms with van der Waals surface area (Å²) in [5.41, 5.74) is 5.84. The first-order chi connectivity index (χ1) is 14.0. The Labute approximate surface area is 170 Å². The molecule has 0 aliphatic carbocycles. The van der Waals surface area contributed by atoms with Crippen LogP contribution in [0.1, 0.15) is 34.1 Å². The zero-order valence-electron chi connectivity index (χ0n) is 17.3. The first-order valence-corrected chi connectivity index (χ1v) is 10.1. The number of fused-ring (bicyclic) bond motifs is 1. The SMILES string of the molecule is CC(C)CCn1cc(-c2cnc3c(-c4cn[nH]c4)cccc3c2NC(C)C)nn1. The number of anilines is 1. The van der Waals surface area contributed by atoms with Crippen LogP contribution >= 0.6 is 0 Å². The number of hydrogen-bond donors (Lipinski definition) is 2. The van der Waals surface area contributed by atoms with Gasteiger partial charge in [-0.05, 0) is 26.2 Å². The lowest BCUT2D eigenvalue weighted by molar-refractivity contribution is 0.478. The second-order valence-corrected chi connectivity index (χ2v) is 8.08. The predicted molar refractivity (Wildman–Crippen MR) is 117 cm³/mol. The molecule has 3 aromatic heterocycles. The van der Waals surface area contributed by atoms with E-state index in [9.17, 15) is 0 Å². The molecular formula is C22H27N7. The number of benzene rings is 1. The number of aromatic nitrogens is 6. The minimum absolute atomic E-state index is 0.271. The molecule has 0 spiro atoms. The highest BCUT2D eigenvalue weighted by Crippen LogP contribution is 2.36. The topological polar surface area (TPSA) is 84.3 Å². The van der Waals surface area contributed by atoms with Gasteiger partial charge in [0.1, 0.15) is 5.69 Å². The van der Waals surface area contributed by atoms with Gasteiger partial charge in [0.25, 0.3) is 0 Å². The number of aryl methyl sites for hydroxylation is 1. The van der Waals surface area contributed by atoms with Gasteiger partial charge in [-0.15, -0.1) is 5.10 Å². The highest BCUT2D eigenvalue weighted by atomic mass is 15.4. The van der Waals surface area contributed by atoms with Gasteiger partial charge in [-0.2, -0.15) is 5.10 Å². The van der Waals surface area contributed by atoms with Crippen molar-refractivity contribution in [3.63, 3.8) is 0 Å². The van der Waals surface area contributed by atoms with Crippen molar-refractivity contribution >= 4 is 16.6 Å². The summed E-state index contributed by atoms with van der Waals surface area (Å²) in [6.45, 7) is 9.56. The van der Waals surface area contributed by atoms with E-state index in [1.807, 2.05) is 29.5 Å². The average molecular weight is 390 g/mol. The fourth-order valence-electron chi connectivity index (χ4n) is 3.41. The van der Waals surface area contributed by atoms with Gasteiger partial charge in [0.15, 0.2) is 0 Å². The van der Waals surface area contributed by atoms with Crippen LogP contribution in [-0.2, 0) is 6.54 Å². The summed E-state index contributed by atoms with van der Waals surface area (Å²) in [5, 5.41) is 20.4. The third-order valence-corrected chi connectivity index (χ3v) is 4.89. The van der Waals surface area contributed by atoms with Crippen molar-refractivity contribution in [2.75, 3.05) is 5.32 Å². The van der Waals surface area contributed by atoms with E-state index in [2.05, 4.69) is 71.7 Å². The smallest absolute Gasteiger partial charge is 0.116 e. The van der Waals surface area contributed by atoms with Crippen LogP contribution in [0.5, 0.6) is 0 Å². The maximum Gasteiger partial charge on any atom is 0.116 e. The highest BCUT2D eigenvalue weighted by Gasteiger charge is 2.17. The van der Waals surface area contributed by atoms with Gasteiger partial charge < -0.3 is 5.32 Å². The summed E-state index contributed by atoms with van der Waals surface area (Å²) in [4.78, 5) is 4.81. The molecular weight excluding hydrogens is 362 g/mol. The third kappa shape index (κ3) is 3.99. The van der Waals surface area contributed by atoms with Crippen LogP contribution in [-0.4, -0.2) is 36.2 Å². The van der Waals surface area contributed by atoms with Gasteiger partial charge in [0, 0.05) is 47.1 Å². The van der Waals surface area contributed by atoms with Crippen molar-refractivity contribution < 1.29 is 0 Å². The monoisotopic (exact) mass is 389 g/mol. The normalized spacial score (nSPS) is 11.7. The molecule has 0 radical (unpaired) electrons. The molecule has 4 rings (SSSR count). The number of nitrogens with one attached hydrogen (secondary N) is 2. The largest absolute Gasteiger partial charge is 0.382 e. The molecule has 0 aliphatic rings. The van der Waals surface area contributed by atoms with Gasteiger partial charge in [-0.1, -0.05) is 37.3 Å². The molecule has 0 saturated heterocycles. The fourth-order valence-corrected chi connectivity index (χ4v) is 3.41. The zero-order chi connectivity index (χ0) is 20.4. The molecule has 0 aliphatic heterocycles. The summed E-state index contributed by atoms with van der Waals surface area (Å²) < 4.78 is 1.92. The van der Waals surface area contributed by atoms with Crippen molar-refractivity contribution in [3.05, 3.63) is 43.0 Å². The van der Waals surface area contributed by atoms with E-state index < -0.39 is 0 Å². The molecule has 0 bridgehead atoms. The van der Waals surface area contributed by atoms with Crippen LogP contribution in [0.25, 0.3) is 33.3 Å². The Kier molecular flexibility index (Phi) is 5.29. The number of pyridine rings is 1. The average Bonchev–Trinajstić information content (AvgIpc) is 3.38. The van der Waals surface area contributed by atoms with E-state index in [-0.39, 0.29) is 6.04 Å². The third-order valence-electron chi connectivity index (χ3n) is 4.89. The van der Waals surface area contributed by atoms with Crippen LogP contribution in [0.2, 0.25) is 0 Å². The Morgan fingerprint density at radius 3 is 2.69 bits per heavy atom. The van der Waals surface area contributed by atoms with E-state index in [1.165, 1.54) is 0 Å². The molecule has 2 N–H and O–H groups in total. The number of rotatable bonds is 7. The van der Waals surface area contributed by atoms with Gasteiger partial charge in [-0.25, -0.2) is 0 Å². The van der Waals surface area contributed by atoms with Gasteiger partial charge >= 0.3 is 0 Å². The summed E-state index contributed by atoms with van der Waals surface area (Å²) >= 11 is 0. The maximum absolute atomic E-state index is 4.81. The van der Waals surface area contributed by atoms with Crippen LogP contribution in [0.15, 0.2) is 43.0 Å². The van der Waals surface area contributed by atoms with Crippen LogP contribution in [0.3, 0.4) is 0 Å². The second-order valence-electron chi connectivity index (χ2n) is 8.08. The highest BCUT2D eigenvalue weighted by molar-refractivity contribution is 6.04. The second kappa shape index (κ2) is 8.03. The van der Waals surface area contributed by atoms with E-state index in [0.29, 0.717) is 5.92 Å². The van der Waals surface area contributed by atoms with E-state index in [0.717, 1.165) is 51.9 Å². The van der Waals surface area contributed by atoms with E-state index >= 15 is 0 Å². The molecule has 0 amide bonds. The van der Waals surface area contributed by atoms with Crippen molar-refractivity contribution in [2.45, 2.75) is 46.7 Å². The number of aromatic amines is 1. The maximum atomic E-state index is 4.81. The molecule has 3 heterocycles. The quantitative estimate of drug-likeness (QED) is 0.476. The van der Waals surface area contributed by atoms with E-state index in [1.54, 1.807) is 0 Å². The predicted octanol–water partition coefficient (Wildman–Crippen LogP) is 4.75. The first-order valence-electron chi connectivity index (χ1n) is 10.1. The molecule has 0 atom stereocenters. The number of H-pyrrole nitrogens is 1. The Morgan fingerprint density at radius 2 is 1.97 bits per heavy atom.